The van der Waals surface area contributed by atoms with E-state index in [1.54, 1.807) is 0 Å². The first-order chi connectivity index (χ1) is 16.8. The van der Waals surface area contributed by atoms with Crippen molar-refractivity contribution in [2.75, 3.05) is 19.8 Å². The molecule has 5 aliphatic carbocycles. The highest BCUT2D eigenvalue weighted by Gasteiger charge is 2.70. The molecule has 5 rings (SSSR count). The number of hydrogen-bond acceptors (Lipinski definition) is 5. The largest absolute Gasteiger partial charge is 0.481 e. The maximum Gasteiger partial charge on any atom is 0.310 e. The Labute approximate surface area is 216 Å². The molecule has 0 amide bonds. The Morgan fingerprint density at radius 1 is 0.889 bits per heavy atom. The van der Waals surface area contributed by atoms with Crippen molar-refractivity contribution in [1.29, 1.82) is 0 Å². The SMILES string of the molecule is C[C@@]1(CO)CC[C@]2(C(=O)O)CC[C@]3(CO)C(=CC[C@@H]4[C@@]5(C)CC[C@H](O)[C@@](C)(CO)[C@H]5CC[C@]43C)[C@@H]2C1. The minimum absolute atomic E-state index is 0.0208. The van der Waals surface area contributed by atoms with Crippen molar-refractivity contribution in [2.24, 2.45) is 50.2 Å². The number of hydrogen-bond donors (Lipinski definition) is 5. The molecule has 5 aliphatic rings. The van der Waals surface area contributed by atoms with E-state index in [2.05, 4.69) is 26.8 Å². The average molecular weight is 505 g/mol. The van der Waals surface area contributed by atoms with E-state index in [9.17, 15) is 30.3 Å². The standard InChI is InChI=1S/C30H48O6/c1-25(16-31)11-12-29(24(35)36)13-14-30(18-33)19(20(29)15-25)5-6-22-26(2)9-8-23(34)27(3,17-32)21(26)7-10-28(22,30)4/h5,20-23,31-34H,6-18H2,1-4H3,(H,35,36)/t20-,21-,22+,23-,25+,26-,27-,28+,29-,30-/m0/s1. The molecule has 0 aliphatic heterocycles. The van der Waals surface area contributed by atoms with E-state index in [1.807, 2.05) is 6.92 Å². The van der Waals surface area contributed by atoms with Crippen molar-refractivity contribution in [1.82, 2.24) is 0 Å². The maximum atomic E-state index is 12.8. The Bertz CT molecular complexity index is 948. The zero-order chi connectivity index (χ0) is 26.4. The zero-order valence-electron chi connectivity index (χ0n) is 22.7. The lowest BCUT2D eigenvalue weighted by Crippen LogP contribution is -2.67. The van der Waals surface area contributed by atoms with E-state index in [0.717, 1.165) is 31.3 Å². The summed E-state index contributed by atoms with van der Waals surface area (Å²) in [5.41, 5.74) is -1.20. The van der Waals surface area contributed by atoms with E-state index in [1.165, 1.54) is 0 Å². The molecule has 6 heteroatoms. The molecule has 0 heterocycles. The summed E-state index contributed by atoms with van der Waals surface area (Å²) in [5.74, 6) is -0.386. The van der Waals surface area contributed by atoms with Gasteiger partial charge in [-0.25, -0.2) is 0 Å². The predicted molar refractivity (Wildman–Crippen MR) is 137 cm³/mol. The molecule has 10 atom stereocenters. The molecule has 0 aromatic carbocycles. The van der Waals surface area contributed by atoms with Gasteiger partial charge in [0.25, 0.3) is 0 Å². The summed E-state index contributed by atoms with van der Waals surface area (Å²) in [4.78, 5) is 12.8. The molecule has 0 aromatic rings. The minimum atomic E-state index is -0.812. The lowest BCUT2D eigenvalue weighted by molar-refractivity contribution is -0.224. The Balaban J connectivity index is 1.62. The lowest BCUT2D eigenvalue weighted by atomic mass is 9.33. The Morgan fingerprint density at radius 2 is 1.58 bits per heavy atom. The fourth-order valence-electron chi connectivity index (χ4n) is 10.8. The summed E-state index contributed by atoms with van der Waals surface area (Å²) >= 11 is 0. The Hall–Kier alpha value is -0.950. The highest BCUT2D eigenvalue weighted by Crippen LogP contribution is 2.75. The highest BCUT2D eigenvalue weighted by atomic mass is 16.4. The molecular weight excluding hydrogens is 456 g/mol. The van der Waals surface area contributed by atoms with Gasteiger partial charge in [-0.15, -0.1) is 0 Å². The van der Waals surface area contributed by atoms with Gasteiger partial charge < -0.3 is 25.5 Å². The maximum absolute atomic E-state index is 12.8. The van der Waals surface area contributed by atoms with Crippen molar-refractivity contribution in [3.8, 4) is 0 Å². The van der Waals surface area contributed by atoms with Gasteiger partial charge in [-0.3, -0.25) is 4.79 Å². The predicted octanol–water partition coefficient (Wildman–Crippen LogP) is 4.15. The van der Waals surface area contributed by atoms with Crippen LogP contribution in [-0.4, -0.2) is 57.4 Å². The number of allylic oxidation sites excluding steroid dienone is 1. The Kier molecular flexibility index (Phi) is 6.12. The molecule has 4 saturated carbocycles. The second-order valence-electron chi connectivity index (χ2n) is 14.6. The van der Waals surface area contributed by atoms with Crippen LogP contribution in [0.25, 0.3) is 0 Å². The number of fused-ring (bicyclic) bond motifs is 7. The fourth-order valence-corrected chi connectivity index (χ4v) is 10.8. The summed E-state index contributed by atoms with van der Waals surface area (Å²) in [5, 5.41) is 53.3. The number of carbonyl (C=O) groups is 1. The number of carboxylic acid groups (broad SMARTS) is 1. The van der Waals surface area contributed by atoms with Crippen molar-refractivity contribution in [3.05, 3.63) is 11.6 Å². The summed E-state index contributed by atoms with van der Waals surface area (Å²) < 4.78 is 0. The van der Waals surface area contributed by atoms with Gasteiger partial charge in [-0.05, 0) is 98.2 Å². The molecule has 36 heavy (non-hydrogen) atoms. The third-order valence-electron chi connectivity index (χ3n) is 13.4. The molecule has 204 valence electrons. The van der Waals surface area contributed by atoms with Crippen LogP contribution >= 0.6 is 0 Å². The van der Waals surface area contributed by atoms with Crippen molar-refractivity contribution >= 4 is 5.97 Å². The minimum Gasteiger partial charge on any atom is -0.481 e. The lowest BCUT2D eigenvalue weighted by Gasteiger charge is -2.71. The van der Waals surface area contributed by atoms with Gasteiger partial charge >= 0.3 is 5.97 Å². The van der Waals surface area contributed by atoms with Crippen LogP contribution < -0.4 is 0 Å². The molecule has 6 nitrogen and oxygen atoms in total. The topological polar surface area (TPSA) is 118 Å². The van der Waals surface area contributed by atoms with Crippen LogP contribution in [0.2, 0.25) is 0 Å². The number of rotatable bonds is 4. The molecular formula is C30H48O6. The van der Waals surface area contributed by atoms with E-state index >= 15 is 0 Å². The normalized spacial score (nSPS) is 54.4. The van der Waals surface area contributed by atoms with Crippen LogP contribution in [0.3, 0.4) is 0 Å². The molecule has 0 saturated heterocycles. The monoisotopic (exact) mass is 504 g/mol. The van der Waals surface area contributed by atoms with E-state index in [4.69, 9.17) is 0 Å². The van der Waals surface area contributed by atoms with Gasteiger partial charge in [0.05, 0.1) is 24.7 Å². The van der Waals surface area contributed by atoms with Gasteiger partial charge in [0.2, 0.25) is 0 Å². The zero-order valence-corrected chi connectivity index (χ0v) is 22.7. The number of carboxylic acids is 1. The molecule has 0 spiro atoms. The first-order valence-electron chi connectivity index (χ1n) is 14.3. The van der Waals surface area contributed by atoms with Crippen LogP contribution in [0.4, 0.5) is 0 Å². The van der Waals surface area contributed by atoms with Gasteiger partial charge in [-0.2, -0.15) is 0 Å². The van der Waals surface area contributed by atoms with E-state index in [-0.39, 0.29) is 47.9 Å². The second kappa shape index (κ2) is 8.27. The van der Waals surface area contributed by atoms with Gasteiger partial charge in [0.1, 0.15) is 0 Å². The summed E-state index contributed by atoms with van der Waals surface area (Å²) in [6, 6.07) is 0. The number of aliphatic hydroxyl groups excluding tert-OH is 4. The van der Waals surface area contributed by atoms with E-state index < -0.39 is 28.3 Å². The van der Waals surface area contributed by atoms with Gasteiger partial charge in [-0.1, -0.05) is 39.3 Å². The third-order valence-corrected chi connectivity index (χ3v) is 13.4. The molecule has 4 fully saturated rings. The van der Waals surface area contributed by atoms with Crippen molar-refractivity contribution < 1.29 is 30.3 Å². The van der Waals surface area contributed by atoms with Gasteiger partial charge in [0, 0.05) is 17.4 Å². The summed E-state index contributed by atoms with van der Waals surface area (Å²) in [6.07, 6.45) is 9.24. The molecule has 0 unspecified atom stereocenters. The smallest absolute Gasteiger partial charge is 0.310 e. The van der Waals surface area contributed by atoms with Crippen LogP contribution in [0.1, 0.15) is 91.9 Å². The van der Waals surface area contributed by atoms with Crippen LogP contribution in [0, 0.1) is 50.2 Å². The number of aliphatic carboxylic acids is 1. The molecule has 0 bridgehead atoms. The first kappa shape index (κ1) is 26.6. The van der Waals surface area contributed by atoms with Crippen LogP contribution in [-0.2, 0) is 4.79 Å². The van der Waals surface area contributed by atoms with Crippen molar-refractivity contribution in [2.45, 2.75) is 98.0 Å². The molecule has 0 aromatic heterocycles. The molecule has 0 radical (unpaired) electrons. The van der Waals surface area contributed by atoms with E-state index in [0.29, 0.717) is 44.4 Å². The third kappa shape index (κ3) is 3.08. The summed E-state index contributed by atoms with van der Waals surface area (Å²) in [7, 11) is 0. The molecule has 5 N–H and O–H groups in total. The first-order valence-corrected chi connectivity index (χ1v) is 14.3. The average Bonchev–Trinajstić information content (AvgIpc) is 2.86. The quantitative estimate of drug-likeness (QED) is 0.367. The Morgan fingerprint density at radius 3 is 2.19 bits per heavy atom. The van der Waals surface area contributed by atoms with Crippen LogP contribution in [0.15, 0.2) is 11.6 Å². The fraction of sp³-hybridized carbons (Fsp3) is 0.900. The van der Waals surface area contributed by atoms with Crippen molar-refractivity contribution in [3.63, 3.8) is 0 Å². The summed E-state index contributed by atoms with van der Waals surface area (Å²) in [6.45, 7) is 8.90. The highest BCUT2D eigenvalue weighted by molar-refractivity contribution is 5.76. The second-order valence-corrected chi connectivity index (χ2v) is 14.6. The van der Waals surface area contributed by atoms with Crippen LogP contribution in [0.5, 0.6) is 0 Å². The van der Waals surface area contributed by atoms with Gasteiger partial charge in [0.15, 0.2) is 0 Å². The number of aliphatic hydroxyl groups is 4.